The summed E-state index contributed by atoms with van der Waals surface area (Å²) in [4.78, 5) is 6.54. The topological polar surface area (TPSA) is 37.4 Å². The summed E-state index contributed by atoms with van der Waals surface area (Å²) in [6.45, 7) is 5.63. The number of nitrogens with one attached hydrogen (secondary N) is 1. The van der Waals surface area contributed by atoms with Gasteiger partial charge in [-0.25, -0.2) is 4.98 Å². The Balaban J connectivity index is 1.80. The van der Waals surface area contributed by atoms with Crippen LogP contribution >= 0.6 is 0 Å². The summed E-state index contributed by atoms with van der Waals surface area (Å²) < 4.78 is 5.15. The standard InChI is InChI=1S/C15H25N3O/c1-12(14-5-8-18(2)9-6-14)17-11-13-4-7-16-15(10-13)19-3/h4,7,10,12,14,17H,5-6,8-9,11H2,1-3H3. The Morgan fingerprint density at radius 2 is 2.21 bits per heavy atom. The van der Waals surface area contributed by atoms with Gasteiger partial charge in [-0.05, 0) is 57.5 Å². The molecule has 1 aromatic heterocycles. The number of likely N-dealkylation sites (tertiary alicyclic amines) is 1. The lowest BCUT2D eigenvalue weighted by Gasteiger charge is -2.33. The van der Waals surface area contributed by atoms with Crippen LogP contribution in [0, 0.1) is 5.92 Å². The number of pyridine rings is 1. The minimum Gasteiger partial charge on any atom is -0.481 e. The molecule has 2 heterocycles. The van der Waals surface area contributed by atoms with E-state index in [1.807, 2.05) is 12.1 Å². The molecular weight excluding hydrogens is 238 g/mol. The van der Waals surface area contributed by atoms with Crippen LogP contribution < -0.4 is 10.1 Å². The fourth-order valence-corrected chi connectivity index (χ4v) is 2.65. The predicted octanol–water partition coefficient (Wildman–Crippen LogP) is 1.91. The summed E-state index contributed by atoms with van der Waals surface area (Å²) in [5.41, 5.74) is 1.23. The summed E-state index contributed by atoms with van der Waals surface area (Å²) in [6, 6.07) is 4.60. The first kappa shape index (κ1) is 14.3. The van der Waals surface area contributed by atoms with Gasteiger partial charge in [0.2, 0.25) is 5.88 Å². The van der Waals surface area contributed by atoms with Gasteiger partial charge in [-0.15, -0.1) is 0 Å². The van der Waals surface area contributed by atoms with Crippen molar-refractivity contribution in [3.05, 3.63) is 23.9 Å². The molecule has 0 bridgehead atoms. The zero-order valence-corrected chi connectivity index (χ0v) is 12.2. The highest BCUT2D eigenvalue weighted by molar-refractivity contribution is 5.20. The zero-order valence-electron chi connectivity index (χ0n) is 12.2. The van der Waals surface area contributed by atoms with Crippen molar-refractivity contribution in [1.29, 1.82) is 0 Å². The zero-order chi connectivity index (χ0) is 13.7. The summed E-state index contributed by atoms with van der Waals surface area (Å²) >= 11 is 0. The molecule has 1 saturated heterocycles. The SMILES string of the molecule is COc1cc(CNC(C)C2CCN(C)CC2)ccn1. The fourth-order valence-electron chi connectivity index (χ4n) is 2.65. The number of aromatic nitrogens is 1. The molecule has 1 aromatic rings. The molecule has 0 aromatic carbocycles. The third-order valence-electron chi connectivity index (χ3n) is 4.11. The largest absolute Gasteiger partial charge is 0.481 e. The van der Waals surface area contributed by atoms with Crippen molar-refractivity contribution in [3.8, 4) is 5.88 Å². The first-order valence-corrected chi connectivity index (χ1v) is 7.10. The van der Waals surface area contributed by atoms with E-state index in [0.29, 0.717) is 11.9 Å². The summed E-state index contributed by atoms with van der Waals surface area (Å²) in [6.07, 6.45) is 4.39. The Morgan fingerprint density at radius 1 is 1.47 bits per heavy atom. The summed E-state index contributed by atoms with van der Waals surface area (Å²) in [7, 11) is 3.86. The van der Waals surface area contributed by atoms with E-state index in [1.54, 1.807) is 13.3 Å². The van der Waals surface area contributed by atoms with Gasteiger partial charge in [0.15, 0.2) is 0 Å². The molecule has 106 valence electrons. The van der Waals surface area contributed by atoms with Gasteiger partial charge in [-0.2, -0.15) is 0 Å². The minimum atomic E-state index is 0.563. The van der Waals surface area contributed by atoms with Crippen LogP contribution in [0.2, 0.25) is 0 Å². The Bertz CT molecular complexity index is 389. The highest BCUT2D eigenvalue weighted by atomic mass is 16.5. The molecule has 1 atom stereocenters. The Morgan fingerprint density at radius 3 is 2.89 bits per heavy atom. The maximum absolute atomic E-state index is 5.15. The van der Waals surface area contributed by atoms with Crippen LogP contribution in [0.5, 0.6) is 5.88 Å². The number of piperidine rings is 1. The number of rotatable bonds is 5. The van der Waals surface area contributed by atoms with Crippen molar-refractivity contribution in [2.24, 2.45) is 5.92 Å². The van der Waals surface area contributed by atoms with Crippen molar-refractivity contribution in [2.45, 2.75) is 32.4 Å². The molecule has 0 saturated carbocycles. The molecule has 1 unspecified atom stereocenters. The molecule has 0 spiro atoms. The third kappa shape index (κ3) is 4.18. The monoisotopic (exact) mass is 263 g/mol. The Hall–Kier alpha value is -1.13. The fraction of sp³-hybridized carbons (Fsp3) is 0.667. The highest BCUT2D eigenvalue weighted by Crippen LogP contribution is 2.20. The van der Waals surface area contributed by atoms with Gasteiger partial charge < -0.3 is 15.0 Å². The molecule has 0 radical (unpaired) electrons. The van der Waals surface area contributed by atoms with Crippen LogP contribution in [0.1, 0.15) is 25.3 Å². The number of nitrogens with zero attached hydrogens (tertiary/aromatic N) is 2. The number of hydrogen-bond acceptors (Lipinski definition) is 4. The maximum atomic E-state index is 5.15. The van der Waals surface area contributed by atoms with Gasteiger partial charge in [0.1, 0.15) is 0 Å². The van der Waals surface area contributed by atoms with Crippen LogP contribution in [-0.2, 0) is 6.54 Å². The van der Waals surface area contributed by atoms with Crippen LogP contribution in [0.25, 0.3) is 0 Å². The van der Waals surface area contributed by atoms with Gasteiger partial charge in [-0.1, -0.05) is 0 Å². The van der Waals surface area contributed by atoms with Gasteiger partial charge in [0.05, 0.1) is 7.11 Å². The number of hydrogen-bond donors (Lipinski definition) is 1. The van der Waals surface area contributed by atoms with E-state index in [2.05, 4.69) is 29.2 Å². The molecule has 4 nitrogen and oxygen atoms in total. The average Bonchev–Trinajstić information content (AvgIpc) is 2.46. The van der Waals surface area contributed by atoms with Crippen molar-refractivity contribution >= 4 is 0 Å². The lowest BCUT2D eigenvalue weighted by atomic mass is 9.90. The van der Waals surface area contributed by atoms with Crippen molar-refractivity contribution in [2.75, 3.05) is 27.2 Å². The third-order valence-corrected chi connectivity index (χ3v) is 4.11. The molecule has 0 aliphatic carbocycles. The molecular formula is C15H25N3O. The number of ether oxygens (including phenoxy) is 1. The molecule has 1 aliphatic heterocycles. The van der Waals surface area contributed by atoms with Crippen LogP contribution in [0.4, 0.5) is 0 Å². The van der Waals surface area contributed by atoms with E-state index in [-0.39, 0.29) is 0 Å². The second-order valence-corrected chi connectivity index (χ2v) is 5.52. The van der Waals surface area contributed by atoms with E-state index < -0.39 is 0 Å². The lowest BCUT2D eigenvalue weighted by Crippen LogP contribution is -2.40. The molecule has 0 amide bonds. The molecule has 1 aliphatic rings. The van der Waals surface area contributed by atoms with E-state index in [9.17, 15) is 0 Å². The first-order chi connectivity index (χ1) is 9.19. The highest BCUT2D eigenvalue weighted by Gasteiger charge is 2.21. The Kier molecular flexibility index (Phi) is 5.16. The lowest BCUT2D eigenvalue weighted by molar-refractivity contribution is 0.189. The van der Waals surface area contributed by atoms with Gasteiger partial charge in [0.25, 0.3) is 0 Å². The van der Waals surface area contributed by atoms with E-state index >= 15 is 0 Å². The van der Waals surface area contributed by atoms with Gasteiger partial charge in [-0.3, -0.25) is 0 Å². The van der Waals surface area contributed by atoms with Gasteiger partial charge in [0, 0.05) is 24.8 Å². The Labute approximate surface area is 116 Å². The van der Waals surface area contributed by atoms with Crippen LogP contribution in [-0.4, -0.2) is 43.2 Å². The predicted molar refractivity (Wildman–Crippen MR) is 77.3 cm³/mol. The van der Waals surface area contributed by atoms with E-state index in [1.165, 1.54) is 31.5 Å². The van der Waals surface area contributed by atoms with E-state index in [4.69, 9.17) is 4.74 Å². The number of methoxy groups -OCH3 is 1. The first-order valence-electron chi connectivity index (χ1n) is 7.10. The second kappa shape index (κ2) is 6.87. The van der Waals surface area contributed by atoms with Crippen molar-refractivity contribution < 1.29 is 4.74 Å². The average molecular weight is 263 g/mol. The van der Waals surface area contributed by atoms with Crippen LogP contribution in [0.3, 0.4) is 0 Å². The van der Waals surface area contributed by atoms with Crippen LogP contribution in [0.15, 0.2) is 18.3 Å². The normalized spacial score (nSPS) is 19.3. The molecule has 2 rings (SSSR count). The molecule has 4 heteroatoms. The molecule has 19 heavy (non-hydrogen) atoms. The smallest absolute Gasteiger partial charge is 0.213 e. The van der Waals surface area contributed by atoms with Crippen molar-refractivity contribution in [1.82, 2.24) is 15.2 Å². The quantitative estimate of drug-likeness (QED) is 0.880. The maximum Gasteiger partial charge on any atom is 0.213 e. The van der Waals surface area contributed by atoms with Crippen molar-refractivity contribution in [3.63, 3.8) is 0 Å². The summed E-state index contributed by atoms with van der Waals surface area (Å²) in [5, 5.41) is 3.63. The molecule has 1 N–H and O–H groups in total. The minimum absolute atomic E-state index is 0.563. The second-order valence-electron chi connectivity index (χ2n) is 5.52. The van der Waals surface area contributed by atoms with E-state index in [0.717, 1.165) is 12.5 Å². The molecule has 1 fully saturated rings. The summed E-state index contributed by atoms with van der Waals surface area (Å²) in [5.74, 6) is 1.48. The van der Waals surface area contributed by atoms with Gasteiger partial charge >= 0.3 is 0 Å².